The maximum Gasteiger partial charge on any atom is 0.233 e. The number of hydrogen-bond acceptors (Lipinski definition) is 6. The fourth-order valence-corrected chi connectivity index (χ4v) is 3.39. The van der Waals surface area contributed by atoms with Crippen molar-refractivity contribution in [1.29, 1.82) is 0 Å². The van der Waals surface area contributed by atoms with Gasteiger partial charge in [0.25, 0.3) is 0 Å². The monoisotopic (exact) mass is 373 g/mol. The third-order valence-corrected chi connectivity index (χ3v) is 4.85. The van der Waals surface area contributed by atoms with Gasteiger partial charge < -0.3 is 14.4 Å². The van der Waals surface area contributed by atoms with E-state index in [-0.39, 0.29) is 5.91 Å². The summed E-state index contributed by atoms with van der Waals surface area (Å²) in [6.07, 6.45) is 1.71. The molecule has 3 rings (SSSR count). The molecule has 0 spiro atoms. The van der Waals surface area contributed by atoms with Gasteiger partial charge in [-0.25, -0.2) is 4.98 Å². The first-order valence-corrected chi connectivity index (χ1v) is 9.76. The molecule has 0 saturated carbocycles. The molecule has 7 nitrogen and oxygen atoms in total. The predicted octanol–water partition coefficient (Wildman–Crippen LogP) is 3.35. The van der Waals surface area contributed by atoms with Crippen LogP contribution >= 0.6 is 11.8 Å². The zero-order valence-corrected chi connectivity index (χ0v) is 16.1. The second-order valence-corrected chi connectivity index (χ2v) is 7.08. The molecule has 8 heteroatoms. The van der Waals surface area contributed by atoms with Crippen LogP contribution in [-0.2, 0) is 17.8 Å². The van der Waals surface area contributed by atoms with Crippen molar-refractivity contribution in [2.45, 2.75) is 45.3 Å². The maximum absolute atomic E-state index is 12.5. The summed E-state index contributed by atoms with van der Waals surface area (Å²) >= 11 is 1.41. The Balaban J connectivity index is 1.59. The highest BCUT2D eigenvalue weighted by Gasteiger charge is 2.17. The molecule has 0 unspecified atom stereocenters. The van der Waals surface area contributed by atoms with Gasteiger partial charge in [-0.05, 0) is 38.0 Å². The molecule has 1 amide bonds. The summed E-state index contributed by atoms with van der Waals surface area (Å²) in [7, 11) is 0. The third-order valence-electron chi connectivity index (χ3n) is 3.99. The molecule has 0 aliphatic carbocycles. The molecular weight excluding hydrogens is 350 g/mol. The first-order chi connectivity index (χ1) is 12.6. The van der Waals surface area contributed by atoms with Gasteiger partial charge in [-0.2, -0.15) is 4.98 Å². The maximum atomic E-state index is 12.5. The molecule has 2 aromatic heterocycles. The van der Waals surface area contributed by atoms with Crippen LogP contribution in [0, 0.1) is 6.92 Å². The normalized spacial score (nSPS) is 11.2. The zero-order valence-electron chi connectivity index (χ0n) is 15.3. The summed E-state index contributed by atoms with van der Waals surface area (Å²) in [5.41, 5.74) is 3.07. The number of carbonyl (C=O) groups is 1. The number of rotatable bonds is 8. The van der Waals surface area contributed by atoms with Crippen LogP contribution in [0.4, 0.5) is 0 Å². The Hall–Kier alpha value is -2.35. The van der Waals surface area contributed by atoms with E-state index in [0.29, 0.717) is 30.6 Å². The van der Waals surface area contributed by atoms with Crippen LogP contribution in [-0.4, -0.2) is 43.2 Å². The largest absolute Gasteiger partial charge is 0.339 e. The second-order valence-electron chi connectivity index (χ2n) is 6.11. The number of aryl methyl sites for hydroxylation is 2. The van der Waals surface area contributed by atoms with E-state index in [4.69, 9.17) is 4.52 Å². The minimum Gasteiger partial charge on any atom is -0.339 e. The summed E-state index contributed by atoms with van der Waals surface area (Å²) in [5.74, 6) is 1.51. The summed E-state index contributed by atoms with van der Waals surface area (Å²) in [6, 6.07) is 6.06. The highest BCUT2D eigenvalue weighted by molar-refractivity contribution is 7.99. The van der Waals surface area contributed by atoms with Crippen LogP contribution in [0.5, 0.6) is 0 Å². The van der Waals surface area contributed by atoms with E-state index < -0.39 is 0 Å². The van der Waals surface area contributed by atoms with Crippen LogP contribution in [0.15, 0.2) is 27.9 Å². The zero-order chi connectivity index (χ0) is 18.5. The van der Waals surface area contributed by atoms with E-state index in [0.717, 1.165) is 29.0 Å². The molecule has 2 heterocycles. The van der Waals surface area contributed by atoms with Crippen molar-refractivity contribution in [2.75, 3.05) is 12.3 Å². The molecule has 0 fully saturated rings. The van der Waals surface area contributed by atoms with E-state index in [1.54, 1.807) is 4.90 Å². The average molecular weight is 373 g/mol. The van der Waals surface area contributed by atoms with E-state index in [1.807, 2.05) is 26.0 Å². The number of H-pyrrole nitrogens is 1. The Morgan fingerprint density at radius 3 is 2.92 bits per heavy atom. The summed E-state index contributed by atoms with van der Waals surface area (Å²) < 4.78 is 5.18. The van der Waals surface area contributed by atoms with Gasteiger partial charge in [-0.1, -0.05) is 29.9 Å². The second kappa shape index (κ2) is 8.35. The Bertz CT molecular complexity index is 889. The first-order valence-electron chi connectivity index (χ1n) is 8.77. The molecule has 1 aromatic carbocycles. The van der Waals surface area contributed by atoms with Gasteiger partial charge in [-0.15, -0.1) is 0 Å². The summed E-state index contributed by atoms with van der Waals surface area (Å²) in [5, 5.41) is 4.70. The van der Waals surface area contributed by atoms with E-state index in [2.05, 4.69) is 33.1 Å². The third kappa shape index (κ3) is 4.43. The van der Waals surface area contributed by atoms with E-state index >= 15 is 0 Å². The molecule has 0 saturated heterocycles. The Labute approximate surface area is 156 Å². The standard InChI is InChI=1S/C18H23N5O2S/c1-4-6-16-21-15(22-25-16)10-23(5-2)17(24)11-26-18-19-13-8-7-12(3)9-14(13)20-18/h7-9H,4-6,10-11H2,1-3H3,(H,19,20). The molecule has 1 N–H and O–H groups in total. The minimum atomic E-state index is 0.0241. The number of thioether (sulfide) groups is 1. The van der Waals surface area contributed by atoms with Crippen molar-refractivity contribution in [3.8, 4) is 0 Å². The molecule has 0 radical (unpaired) electrons. The molecular formula is C18H23N5O2S. The molecule has 0 bridgehead atoms. The fourth-order valence-electron chi connectivity index (χ4n) is 2.61. The van der Waals surface area contributed by atoms with Gasteiger partial charge in [0.05, 0.1) is 23.3 Å². The highest BCUT2D eigenvalue weighted by atomic mass is 32.2. The number of benzene rings is 1. The van der Waals surface area contributed by atoms with Gasteiger partial charge in [-0.3, -0.25) is 4.79 Å². The molecule has 3 aromatic rings. The number of hydrogen-bond donors (Lipinski definition) is 1. The van der Waals surface area contributed by atoms with Crippen molar-refractivity contribution in [3.05, 3.63) is 35.5 Å². The first kappa shape index (κ1) is 18.4. The lowest BCUT2D eigenvalue weighted by Crippen LogP contribution is -2.32. The van der Waals surface area contributed by atoms with E-state index in [1.165, 1.54) is 17.3 Å². The molecule has 0 aliphatic rings. The number of amides is 1. The van der Waals surface area contributed by atoms with Crippen molar-refractivity contribution in [2.24, 2.45) is 0 Å². The van der Waals surface area contributed by atoms with Gasteiger partial charge in [0, 0.05) is 13.0 Å². The van der Waals surface area contributed by atoms with E-state index in [9.17, 15) is 4.79 Å². The van der Waals surface area contributed by atoms with Gasteiger partial charge in [0.2, 0.25) is 11.8 Å². The quantitative estimate of drug-likeness (QED) is 0.609. The summed E-state index contributed by atoms with van der Waals surface area (Å²) in [4.78, 5) is 26.4. The number of fused-ring (bicyclic) bond motifs is 1. The smallest absolute Gasteiger partial charge is 0.233 e. The number of aromatic amines is 1. The minimum absolute atomic E-state index is 0.0241. The Morgan fingerprint density at radius 1 is 1.31 bits per heavy atom. The number of nitrogens with zero attached hydrogens (tertiary/aromatic N) is 4. The van der Waals surface area contributed by atoms with Crippen LogP contribution < -0.4 is 0 Å². The topological polar surface area (TPSA) is 87.9 Å². The molecule has 0 aliphatic heterocycles. The highest BCUT2D eigenvalue weighted by Crippen LogP contribution is 2.21. The van der Waals surface area contributed by atoms with Crippen molar-refractivity contribution in [3.63, 3.8) is 0 Å². The lowest BCUT2D eigenvalue weighted by molar-refractivity contribution is -0.128. The summed E-state index contributed by atoms with van der Waals surface area (Å²) in [6.45, 7) is 7.00. The van der Waals surface area contributed by atoms with Crippen LogP contribution in [0.1, 0.15) is 37.5 Å². The molecule has 26 heavy (non-hydrogen) atoms. The van der Waals surface area contributed by atoms with Crippen molar-refractivity contribution < 1.29 is 9.32 Å². The SMILES string of the molecule is CCCc1nc(CN(CC)C(=O)CSc2nc3ccc(C)cc3[nH]2)no1. The van der Waals surface area contributed by atoms with Gasteiger partial charge >= 0.3 is 0 Å². The molecule has 0 atom stereocenters. The van der Waals surface area contributed by atoms with Crippen LogP contribution in [0.3, 0.4) is 0 Å². The predicted molar refractivity (Wildman–Crippen MR) is 101 cm³/mol. The number of nitrogens with one attached hydrogen (secondary N) is 1. The Kier molecular flexibility index (Phi) is 5.92. The fraction of sp³-hybridized carbons (Fsp3) is 0.444. The van der Waals surface area contributed by atoms with Crippen LogP contribution in [0.2, 0.25) is 0 Å². The number of carbonyl (C=O) groups excluding carboxylic acids is 1. The Morgan fingerprint density at radius 2 is 2.15 bits per heavy atom. The van der Waals surface area contributed by atoms with Crippen LogP contribution in [0.25, 0.3) is 11.0 Å². The number of imidazole rings is 1. The molecule has 138 valence electrons. The van der Waals surface area contributed by atoms with Gasteiger partial charge in [0.1, 0.15) is 0 Å². The lowest BCUT2D eigenvalue weighted by atomic mass is 10.2. The lowest BCUT2D eigenvalue weighted by Gasteiger charge is -2.18. The van der Waals surface area contributed by atoms with Gasteiger partial charge in [0.15, 0.2) is 11.0 Å². The number of aromatic nitrogens is 4. The average Bonchev–Trinajstić information content (AvgIpc) is 3.23. The van der Waals surface area contributed by atoms with Crippen molar-refractivity contribution in [1.82, 2.24) is 25.0 Å². The van der Waals surface area contributed by atoms with Crippen molar-refractivity contribution >= 4 is 28.7 Å².